The zero-order chi connectivity index (χ0) is 24.2. The first kappa shape index (κ1) is 23.1. The summed E-state index contributed by atoms with van der Waals surface area (Å²) in [7, 11) is 0. The molecule has 0 radical (unpaired) electrons. The minimum Gasteiger partial charge on any atom is -0.319 e. The quantitative estimate of drug-likeness (QED) is 0.217. The molecule has 1 unspecified atom stereocenters. The van der Waals surface area contributed by atoms with Crippen LogP contribution in [0.3, 0.4) is 0 Å². The molecule has 0 fully saturated rings. The number of para-hydroxylation sites is 2. The van der Waals surface area contributed by atoms with E-state index in [0.29, 0.717) is 16.7 Å². The Balaban J connectivity index is 1.67. The number of nitrogens with one attached hydrogen (secondary N) is 1. The van der Waals surface area contributed by atoms with E-state index in [4.69, 9.17) is 0 Å². The molecule has 0 aliphatic heterocycles. The highest BCUT2D eigenvalue weighted by Gasteiger charge is 2.24. The molecule has 10 heteroatoms. The van der Waals surface area contributed by atoms with Crippen LogP contribution in [0.1, 0.15) is 12.5 Å². The van der Waals surface area contributed by atoms with Crippen molar-refractivity contribution in [1.82, 2.24) is 14.8 Å². The number of rotatable bonds is 7. The molecular formula is C24H20FN5O3S. The number of benzene rings is 3. The number of thioether (sulfide) groups is 1. The average Bonchev–Trinajstić information content (AvgIpc) is 3.23. The van der Waals surface area contributed by atoms with Crippen LogP contribution in [0.25, 0.3) is 17.1 Å². The van der Waals surface area contributed by atoms with E-state index in [2.05, 4.69) is 15.5 Å². The van der Waals surface area contributed by atoms with Crippen LogP contribution in [-0.4, -0.2) is 30.8 Å². The van der Waals surface area contributed by atoms with E-state index in [1.54, 1.807) is 35.8 Å². The van der Waals surface area contributed by atoms with Gasteiger partial charge in [-0.15, -0.1) is 10.2 Å². The maximum atomic E-state index is 14.6. The molecule has 34 heavy (non-hydrogen) atoms. The summed E-state index contributed by atoms with van der Waals surface area (Å²) >= 11 is 1.12. The second-order valence-electron chi connectivity index (χ2n) is 7.48. The third-order valence-corrected chi connectivity index (χ3v) is 6.09. The molecule has 0 saturated heterocycles. The van der Waals surface area contributed by atoms with Crippen molar-refractivity contribution < 1.29 is 14.1 Å². The average molecular weight is 478 g/mol. The standard InChI is InChI=1S/C24H20FN5O3S/c1-15-11-13-17(14-12-15)29-22(18-7-3-4-8-19(18)25)27-28-24(29)34-16(2)23(31)26-20-9-5-6-10-21(20)30(32)33/h3-14,16H,1-2H3,(H,26,31). The van der Waals surface area contributed by atoms with Gasteiger partial charge in [0.25, 0.3) is 5.69 Å². The number of aryl methyl sites for hydroxylation is 1. The van der Waals surface area contributed by atoms with Crippen molar-refractivity contribution in [3.8, 4) is 17.1 Å². The first-order chi connectivity index (χ1) is 16.3. The van der Waals surface area contributed by atoms with Gasteiger partial charge >= 0.3 is 0 Å². The van der Waals surface area contributed by atoms with Gasteiger partial charge in [0.05, 0.1) is 15.7 Å². The molecule has 1 N–H and O–H groups in total. The van der Waals surface area contributed by atoms with Crippen LogP contribution in [0, 0.1) is 22.9 Å². The number of carbonyl (C=O) groups excluding carboxylic acids is 1. The van der Waals surface area contributed by atoms with Crippen LogP contribution < -0.4 is 5.32 Å². The topological polar surface area (TPSA) is 103 Å². The van der Waals surface area contributed by atoms with E-state index in [9.17, 15) is 19.3 Å². The molecular weight excluding hydrogens is 457 g/mol. The van der Waals surface area contributed by atoms with Crippen LogP contribution in [0.4, 0.5) is 15.8 Å². The Bertz CT molecular complexity index is 1360. The van der Waals surface area contributed by atoms with E-state index in [1.165, 1.54) is 24.3 Å². The molecule has 0 aliphatic carbocycles. The number of nitro benzene ring substituents is 1. The third kappa shape index (κ3) is 4.81. The highest BCUT2D eigenvalue weighted by molar-refractivity contribution is 8.00. The Morgan fingerprint density at radius 2 is 1.74 bits per heavy atom. The molecule has 4 rings (SSSR count). The van der Waals surface area contributed by atoms with E-state index in [1.807, 2.05) is 31.2 Å². The van der Waals surface area contributed by atoms with Gasteiger partial charge in [-0.05, 0) is 44.2 Å². The second-order valence-corrected chi connectivity index (χ2v) is 8.79. The largest absolute Gasteiger partial charge is 0.319 e. The number of aromatic nitrogens is 3. The summed E-state index contributed by atoms with van der Waals surface area (Å²) in [5.41, 5.74) is 1.95. The van der Waals surface area contributed by atoms with Crippen molar-refractivity contribution in [1.29, 1.82) is 0 Å². The Hall–Kier alpha value is -4.05. The summed E-state index contributed by atoms with van der Waals surface area (Å²) in [4.78, 5) is 23.5. The lowest BCUT2D eigenvalue weighted by molar-refractivity contribution is -0.383. The summed E-state index contributed by atoms with van der Waals surface area (Å²) in [6.07, 6.45) is 0. The summed E-state index contributed by atoms with van der Waals surface area (Å²) in [6.45, 7) is 3.62. The molecule has 172 valence electrons. The summed E-state index contributed by atoms with van der Waals surface area (Å²) in [5, 5.41) is 22.0. The third-order valence-electron chi connectivity index (χ3n) is 5.05. The van der Waals surface area contributed by atoms with Gasteiger partial charge in [0.2, 0.25) is 5.91 Å². The first-order valence-corrected chi connectivity index (χ1v) is 11.2. The van der Waals surface area contributed by atoms with Gasteiger partial charge in [0, 0.05) is 11.8 Å². The summed E-state index contributed by atoms with van der Waals surface area (Å²) in [6, 6.07) is 19.8. The fraction of sp³-hybridized carbons (Fsp3) is 0.125. The lowest BCUT2D eigenvalue weighted by Crippen LogP contribution is -2.23. The van der Waals surface area contributed by atoms with E-state index >= 15 is 0 Å². The summed E-state index contributed by atoms with van der Waals surface area (Å²) < 4.78 is 16.3. The lowest BCUT2D eigenvalue weighted by Gasteiger charge is -2.14. The molecule has 1 heterocycles. The van der Waals surface area contributed by atoms with Crippen molar-refractivity contribution >= 4 is 29.0 Å². The molecule has 4 aromatic rings. The zero-order valence-corrected chi connectivity index (χ0v) is 19.1. The molecule has 0 bridgehead atoms. The minimum atomic E-state index is -0.679. The van der Waals surface area contributed by atoms with Crippen molar-refractivity contribution in [2.24, 2.45) is 0 Å². The maximum absolute atomic E-state index is 14.6. The highest BCUT2D eigenvalue weighted by Crippen LogP contribution is 2.32. The smallest absolute Gasteiger partial charge is 0.292 e. The van der Waals surface area contributed by atoms with Crippen LogP contribution in [0.15, 0.2) is 78.0 Å². The SMILES string of the molecule is Cc1ccc(-n2c(SC(C)C(=O)Nc3ccccc3[N+](=O)[O-])nnc2-c2ccccc2F)cc1. The summed E-state index contributed by atoms with van der Waals surface area (Å²) in [5.74, 6) is -0.581. The van der Waals surface area contributed by atoms with Gasteiger partial charge in [-0.3, -0.25) is 19.5 Å². The van der Waals surface area contributed by atoms with Gasteiger partial charge in [0.1, 0.15) is 11.5 Å². The van der Waals surface area contributed by atoms with Crippen molar-refractivity contribution in [2.75, 3.05) is 5.32 Å². The fourth-order valence-corrected chi connectivity index (χ4v) is 4.14. The lowest BCUT2D eigenvalue weighted by atomic mass is 10.2. The van der Waals surface area contributed by atoms with Gasteiger partial charge < -0.3 is 5.32 Å². The number of anilines is 1. The predicted molar refractivity (Wildman–Crippen MR) is 129 cm³/mol. The molecule has 0 aliphatic rings. The zero-order valence-electron chi connectivity index (χ0n) is 18.3. The highest BCUT2D eigenvalue weighted by atomic mass is 32.2. The second kappa shape index (κ2) is 9.84. The van der Waals surface area contributed by atoms with Gasteiger partial charge in [-0.25, -0.2) is 4.39 Å². The number of halogens is 1. The van der Waals surface area contributed by atoms with E-state index in [-0.39, 0.29) is 16.9 Å². The van der Waals surface area contributed by atoms with Gasteiger partial charge in [-0.2, -0.15) is 0 Å². The van der Waals surface area contributed by atoms with E-state index < -0.39 is 21.9 Å². The van der Waals surface area contributed by atoms with Crippen LogP contribution in [0.5, 0.6) is 0 Å². The number of amides is 1. The van der Waals surface area contributed by atoms with Crippen LogP contribution >= 0.6 is 11.8 Å². The Morgan fingerprint density at radius 1 is 1.06 bits per heavy atom. The number of hydrogen-bond acceptors (Lipinski definition) is 6. The van der Waals surface area contributed by atoms with Gasteiger partial charge in [0.15, 0.2) is 11.0 Å². The molecule has 3 aromatic carbocycles. The number of nitro groups is 1. The van der Waals surface area contributed by atoms with Crippen molar-refractivity contribution in [3.63, 3.8) is 0 Å². The van der Waals surface area contributed by atoms with Crippen LogP contribution in [0.2, 0.25) is 0 Å². The number of hydrogen-bond donors (Lipinski definition) is 1. The molecule has 1 aromatic heterocycles. The maximum Gasteiger partial charge on any atom is 0.292 e. The van der Waals surface area contributed by atoms with Crippen LogP contribution in [-0.2, 0) is 4.79 Å². The molecule has 1 atom stereocenters. The number of nitrogens with zero attached hydrogens (tertiary/aromatic N) is 4. The molecule has 0 saturated carbocycles. The Kier molecular flexibility index (Phi) is 6.69. The fourth-order valence-electron chi connectivity index (χ4n) is 3.27. The molecule has 1 amide bonds. The molecule has 8 nitrogen and oxygen atoms in total. The van der Waals surface area contributed by atoms with Crippen molar-refractivity contribution in [2.45, 2.75) is 24.3 Å². The van der Waals surface area contributed by atoms with Crippen molar-refractivity contribution in [3.05, 3.63) is 94.3 Å². The Morgan fingerprint density at radius 3 is 2.44 bits per heavy atom. The Labute approximate surface area is 199 Å². The normalized spacial score (nSPS) is 11.7. The number of carbonyl (C=O) groups is 1. The van der Waals surface area contributed by atoms with Gasteiger partial charge in [-0.1, -0.05) is 53.7 Å². The first-order valence-electron chi connectivity index (χ1n) is 10.3. The predicted octanol–water partition coefficient (Wildman–Crippen LogP) is 5.41. The van der Waals surface area contributed by atoms with E-state index in [0.717, 1.165) is 17.3 Å². The monoisotopic (exact) mass is 477 g/mol. The molecule has 0 spiro atoms. The minimum absolute atomic E-state index is 0.108.